The van der Waals surface area contributed by atoms with Crippen molar-refractivity contribution < 1.29 is 33.7 Å². The van der Waals surface area contributed by atoms with E-state index < -0.39 is 28.0 Å². The second-order valence-electron chi connectivity index (χ2n) is 11.1. The SMILES string of the molecule is CN(C[C@H]1CCN(C(=O)[C@@H]2C[C@H](S)CN2C(=O)OCc2ccc([N+](=O)[O-])cc2)C1)C(=N)CC(=O)OCc1ccc([N+](=O)[O-])cc1. The second-order valence-corrected chi connectivity index (χ2v) is 11.8. The molecule has 0 spiro atoms. The number of amides is 2. The van der Waals surface area contributed by atoms with Gasteiger partial charge in [-0.25, -0.2) is 4.79 Å². The lowest BCUT2D eigenvalue weighted by Crippen LogP contribution is -2.47. The van der Waals surface area contributed by atoms with Gasteiger partial charge in [-0.1, -0.05) is 0 Å². The Labute approximate surface area is 264 Å². The molecular formula is C29H34N6O9S. The van der Waals surface area contributed by atoms with Crippen molar-refractivity contribution in [3.05, 3.63) is 79.9 Å². The third kappa shape index (κ3) is 8.90. The first-order valence-electron chi connectivity index (χ1n) is 14.2. The monoisotopic (exact) mass is 642 g/mol. The zero-order chi connectivity index (χ0) is 32.7. The van der Waals surface area contributed by atoms with E-state index >= 15 is 0 Å². The maximum Gasteiger partial charge on any atom is 0.410 e. The molecule has 0 saturated carbocycles. The first-order valence-corrected chi connectivity index (χ1v) is 14.7. The minimum absolute atomic E-state index is 0.0474. The van der Waals surface area contributed by atoms with E-state index in [-0.39, 0.29) is 60.5 Å². The highest BCUT2D eigenvalue weighted by molar-refractivity contribution is 7.81. The zero-order valence-corrected chi connectivity index (χ0v) is 25.5. The van der Waals surface area contributed by atoms with Crippen molar-refractivity contribution in [2.24, 2.45) is 5.92 Å². The van der Waals surface area contributed by atoms with E-state index in [9.17, 15) is 34.6 Å². The van der Waals surface area contributed by atoms with Crippen molar-refractivity contribution >= 4 is 47.8 Å². The summed E-state index contributed by atoms with van der Waals surface area (Å²) in [7, 11) is 1.70. The number of likely N-dealkylation sites (tertiary alicyclic amines) is 2. The quantitative estimate of drug-likeness (QED) is 0.0918. The molecule has 16 heteroatoms. The van der Waals surface area contributed by atoms with Crippen LogP contribution in [0.5, 0.6) is 0 Å². The molecule has 0 aromatic heterocycles. The van der Waals surface area contributed by atoms with E-state index in [0.717, 1.165) is 0 Å². The summed E-state index contributed by atoms with van der Waals surface area (Å²) in [5, 5.41) is 29.7. The summed E-state index contributed by atoms with van der Waals surface area (Å²) in [5.74, 6) is -0.694. The molecule has 0 radical (unpaired) electrons. The van der Waals surface area contributed by atoms with Gasteiger partial charge in [0.1, 0.15) is 31.5 Å². The van der Waals surface area contributed by atoms with Crippen LogP contribution in [0.15, 0.2) is 48.5 Å². The molecule has 240 valence electrons. The molecule has 0 unspecified atom stereocenters. The lowest BCUT2D eigenvalue weighted by atomic mass is 10.1. The average Bonchev–Trinajstić information content (AvgIpc) is 3.65. The highest BCUT2D eigenvalue weighted by Gasteiger charge is 2.42. The summed E-state index contributed by atoms with van der Waals surface area (Å²) < 4.78 is 10.6. The molecule has 2 heterocycles. The van der Waals surface area contributed by atoms with Gasteiger partial charge in [0.2, 0.25) is 5.91 Å². The average molecular weight is 643 g/mol. The van der Waals surface area contributed by atoms with Crippen LogP contribution in [-0.4, -0.2) is 92.9 Å². The van der Waals surface area contributed by atoms with E-state index in [4.69, 9.17) is 14.9 Å². The van der Waals surface area contributed by atoms with E-state index in [1.54, 1.807) is 16.8 Å². The molecule has 0 bridgehead atoms. The van der Waals surface area contributed by atoms with Crippen LogP contribution in [0.2, 0.25) is 0 Å². The maximum atomic E-state index is 13.5. The molecule has 2 saturated heterocycles. The van der Waals surface area contributed by atoms with Crippen LogP contribution in [0.4, 0.5) is 16.2 Å². The largest absolute Gasteiger partial charge is 0.460 e. The molecule has 2 aromatic rings. The van der Waals surface area contributed by atoms with E-state index in [0.29, 0.717) is 43.6 Å². The summed E-state index contributed by atoms with van der Waals surface area (Å²) in [6.45, 7) is 1.45. The first-order chi connectivity index (χ1) is 21.4. The summed E-state index contributed by atoms with van der Waals surface area (Å²) in [6, 6.07) is 10.6. The Balaban J connectivity index is 1.22. The van der Waals surface area contributed by atoms with Crippen LogP contribution < -0.4 is 0 Å². The molecule has 1 N–H and O–H groups in total. The minimum Gasteiger partial charge on any atom is -0.460 e. The number of benzene rings is 2. The zero-order valence-electron chi connectivity index (χ0n) is 24.6. The highest BCUT2D eigenvalue weighted by atomic mass is 32.1. The Morgan fingerprint density at radius 2 is 1.51 bits per heavy atom. The Morgan fingerprint density at radius 1 is 0.956 bits per heavy atom. The van der Waals surface area contributed by atoms with Gasteiger partial charge in [-0.15, -0.1) is 0 Å². The summed E-state index contributed by atoms with van der Waals surface area (Å²) in [6.07, 6.45) is 0.159. The molecule has 2 aromatic carbocycles. The number of carbonyl (C=O) groups is 3. The normalized spacial score (nSPS) is 19.2. The molecule has 2 amide bonds. The number of hydrogen-bond acceptors (Lipinski definition) is 11. The Kier molecular flexibility index (Phi) is 10.9. The van der Waals surface area contributed by atoms with Gasteiger partial charge in [0.25, 0.3) is 11.4 Å². The fourth-order valence-corrected chi connectivity index (χ4v) is 5.66. The predicted molar refractivity (Wildman–Crippen MR) is 164 cm³/mol. The van der Waals surface area contributed by atoms with Crippen LogP contribution in [0.3, 0.4) is 0 Å². The molecule has 45 heavy (non-hydrogen) atoms. The summed E-state index contributed by atoms with van der Waals surface area (Å²) >= 11 is 4.49. The number of nitro groups is 2. The fourth-order valence-electron chi connectivity index (χ4n) is 5.28. The number of thiol groups is 1. The number of nitrogens with one attached hydrogen (secondary N) is 1. The van der Waals surface area contributed by atoms with Crippen molar-refractivity contribution in [2.75, 3.05) is 33.2 Å². The smallest absolute Gasteiger partial charge is 0.410 e. The van der Waals surface area contributed by atoms with E-state index in [1.807, 2.05) is 0 Å². The number of rotatable bonds is 11. The Bertz CT molecular complexity index is 1440. The Hall–Kier alpha value is -4.73. The molecule has 4 rings (SSSR count). The molecule has 2 aliphatic rings. The van der Waals surface area contributed by atoms with Crippen LogP contribution in [0.1, 0.15) is 30.4 Å². The van der Waals surface area contributed by atoms with Crippen LogP contribution in [0.25, 0.3) is 0 Å². The van der Waals surface area contributed by atoms with Crippen molar-refractivity contribution in [3.63, 3.8) is 0 Å². The van der Waals surface area contributed by atoms with Gasteiger partial charge in [0.15, 0.2) is 0 Å². The second kappa shape index (κ2) is 14.8. The van der Waals surface area contributed by atoms with Crippen LogP contribution in [0, 0.1) is 31.6 Å². The number of carbonyl (C=O) groups excluding carboxylic acids is 3. The molecule has 0 aliphatic carbocycles. The number of ether oxygens (including phenoxy) is 2. The van der Waals surface area contributed by atoms with Gasteiger partial charge in [0, 0.05) is 62.7 Å². The maximum absolute atomic E-state index is 13.5. The number of nitrogens with zero attached hydrogens (tertiary/aromatic N) is 5. The molecule has 2 aliphatic heterocycles. The third-order valence-corrected chi connectivity index (χ3v) is 8.13. The number of amidine groups is 1. The third-order valence-electron chi connectivity index (χ3n) is 7.76. The number of non-ortho nitro benzene ring substituents is 2. The van der Waals surface area contributed by atoms with Gasteiger partial charge in [0.05, 0.1) is 9.85 Å². The van der Waals surface area contributed by atoms with Gasteiger partial charge in [-0.3, -0.25) is 40.1 Å². The molecular weight excluding hydrogens is 608 g/mol. The number of esters is 1. The topological polar surface area (TPSA) is 190 Å². The lowest BCUT2D eigenvalue weighted by Gasteiger charge is -2.28. The van der Waals surface area contributed by atoms with Gasteiger partial charge < -0.3 is 19.3 Å². The van der Waals surface area contributed by atoms with Crippen molar-refractivity contribution in [1.82, 2.24) is 14.7 Å². The van der Waals surface area contributed by atoms with Crippen molar-refractivity contribution in [3.8, 4) is 0 Å². The summed E-state index contributed by atoms with van der Waals surface area (Å²) in [4.78, 5) is 64.0. The first kappa shape index (κ1) is 33.2. The van der Waals surface area contributed by atoms with Crippen LogP contribution >= 0.6 is 12.6 Å². The minimum atomic E-state index is -0.725. The molecule has 3 atom stereocenters. The standard InChI is InChI=1S/C29H34N6O9S/c1-31(26(30)13-27(36)43-17-19-2-6-22(7-3-19)34(39)40)14-21-10-11-32(15-21)28(37)25-12-24(45)16-33(25)29(38)44-18-20-4-8-23(9-5-20)35(41)42/h2-9,21,24-25,30,45H,10-18H2,1H3/t21-,24+,25+/m1/s1. The lowest BCUT2D eigenvalue weighted by molar-refractivity contribution is -0.385. The van der Waals surface area contributed by atoms with E-state index in [2.05, 4.69) is 12.6 Å². The van der Waals surface area contributed by atoms with Gasteiger partial charge in [-0.05, 0) is 54.2 Å². The van der Waals surface area contributed by atoms with Crippen LogP contribution in [-0.2, 0) is 32.3 Å². The van der Waals surface area contributed by atoms with Crippen molar-refractivity contribution in [1.29, 1.82) is 5.41 Å². The predicted octanol–water partition coefficient (Wildman–Crippen LogP) is 3.40. The molecule has 15 nitrogen and oxygen atoms in total. The van der Waals surface area contributed by atoms with Gasteiger partial charge >= 0.3 is 12.1 Å². The highest BCUT2D eigenvalue weighted by Crippen LogP contribution is 2.27. The summed E-state index contributed by atoms with van der Waals surface area (Å²) in [5.41, 5.74) is 1.03. The number of hydrogen-bond donors (Lipinski definition) is 2. The Morgan fingerprint density at radius 3 is 2.07 bits per heavy atom. The van der Waals surface area contributed by atoms with E-state index in [1.165, 1.54) is 53.4 Å². The van der Waals surface area contributed by atoms with Gasteiger partial charge in [-0.2, -0.15) is 12.6 Å². The van der Waals surface area contributed by atoms with Crippen molar-refractivity contribution in [2.45, 2.75) is 43.8 Å². The molecule has 2 fully saturated rings. The number of nitro benzene ring substituents is 2. The fraction of sp³-hybridized carbons (Fsp3) is 0.448.